The fourth-order valence-electron chi connectivity index (χ4n) is 1.89. The lowest BCUT2D eigenvalue weighted by atomic mass is 9.99. The van der Waals surface area contributed by atoms with Crippen LogP contribution in [0.15, 0.2) is 11.6 Å². The van der Waals surface area contributed by atoms with Crippen molar-refractivity contribution in [2.45, 2.75) is 46.5 Å². The molecule has 0 amide bonds. The first-order valence-electron chi connectivity index (χ1n) is 5.39. The molecule has 1 heteroatoms. The van der Waals surface area contributed by atoms with Gasteiger partial charge in [-0.1, -0.05) is 25.5 Å². The summed E-state index contributed by atoms with van der Waals surface area (Å²) in [5.74, 6) is 0.586. The Morgan fingerprint density at radius 1 is 1.62 bits per heavy atom. The summed E-state index contributed by atoms with van der Waals surface area (Å²) in [5, 5.41) is 8.98. The molecular weight excluding hydrogens is 160 g/mol. The van der Waals surface area contributed by atoms with E-state index in [0.717, 1.165) is 0 Å². The van der Waals surface area contributed by atoms with Crippen LogP contribution in [0.1, 0.15) is 46.5 Å². The van der Waals surface area contributed by atoms with Crippen LogP contribution in [0.5, 0.6) is 0 Å². The summed E-state index contributed by atoms with van der Waals surface area (Å²) >= 11 is 0. The van der Waals surface area contributed by atoms with Gasteiger partial charge in [0.2, 0.25) is 0 Å². The second kappa shape index (κ2) is 4.28. The first-order valence-corrected chi connectivity index (χ1v) is 5.39. The molecule has 0 aromatic carbocycles. The van der Waals surface area contributed by atoms with Crippen molar-refractivity contribution in [3.63, 3.8) is 0 Å². The predicted molar refractivity (Wildman–Crippen MR) is 56.6 cm³/mol. The maximum absolute atomic E-state index is 8.98. The van der Waals surface area contributed by atoms with Crippen molar-refractivity contribution in [3.05, 3.63) is 11.6 Å². The quantitative estimate of drug-likeness (QED) is 0.648. The van der Waals surface area contributed by atoms with Crippen LogP contribution < -0.4 is 0 Å². The van der Waals surface area contributed by atoms with Gasteiger partial charge in [0, 0.05) is 6.61 Å². The molecule has 1 N–H and O–H groups in total. The lowest BCUT2D eigenvalue weighted by Crippen LogP contribution is -2.00. The summed E-state index contributed by atoms with van der Waals surface area (Å²) in [5.41, 5.74) is 1.95. The third-order valence-electron chi connectivity index (χ3n) is 3.52. The first-order chi connectivity index (χ1) is 6.12. The Labute approximate surface area is 81.9 Å². The molecule has 76 valence electrons. The van der Waals surface area contributed by atoms with Gasteiger partial charge in [0.05, 0.1) is 0 Å². The smallest absolute Gasteiger partial charge is 0.0464 e. The van der Waals surface area contributed by atoms with Gasteiger partial charge >= 0.3 is 0 Å². The van der Waals surface area contributed by atoms with Crippen molar-refractivity contribution >= 4 is 0 Å². The molecule has 2 atom stereocenters. The van der Waals surface area contributed by atoms with Gasteiger partial charge in [0.1, 0.15) is 0 Å². The van der Waals surface area contributed by atoms with Gasteiger partial charge in [-0.25, -0.2) is 0 Å². The van der Waals surface area contributed by atoms with E-state index in [1.807, 2.05) is 0 Å². The van der Waals surface area contributed by atoms with Crippen LogP contribution in [0.25, 0.3) is 0 Å². The molecule has 0 spiro atoms. The summed E-state index contributed by atoms with van der Waals surface area (Å²) in [7, 11) is 0. The highest BCUT2D eigenvalue weighted by molar-refractivity contribution is 5.02. The van der Waals surface area contributed by atoms with Gasteiger partial charge in [-0.2, -0.15) is 0 Å². The van der Waals surface area contributed by atoms with E-state index in [9.17, 15) is 0 Å². The first kappa shape index (κ1) is 10.8. The zero-order valence-electron chi connectivity index (χ0n) is 9.14. The molecule has 0 bridgehead atoms. The summed E-state index contributed by atoms with van der Waals surface area (Å²) in [4.78, 5) is 0. The van der Waals surface area contributed by atoms with Crippen LogP contribution in [0.2, 0.25) is 0 Å². The second-order valence-corrected chi connectivity index (χ2v) is 4.68. The second-order valence-electron chi connectivity index (χ2n) is 4.68. The number of hydrogen-bond acceptors (Lipinski definition) is 1. The topological polar surface area (TPSA) is 20.2 Å². The Morgan fingerprint density at radius 3 is 2.77 bits per heavy atom. The molecule has 1 aliphatic rings. The van der Waals surface area contributed by atoms with E-state index in [2.05, 4.69) is 26.8 Å². The molecule has 0 aromatic rings. The van der Waals surface area contributed by atoms with Crippen LogP contribution in [0.3, 0.4) is 0 Å². The molecular formula is C12H22O. The molecule has 1 nitrogen and oxygen atoms in total. The van der Waals surface area contributed by atoms with E-state index in [0.29, 0.717) is 17.9 Å². The molecule has 0 saturated heterocycles. The SMILES string of the molecule is CCC(C)=CCCC1(C)CC1CO. The normalized spacial score (nSPS) is 33.5. The minimum atomic E-state index is 0.382. The zero-order chi connectivity index (χ0) is 9.90. The fraction of sp³-hybridized carbons (Fsp3) is 0.833. The minimum absolute atomic E-state index is 0.382. The predicted octanol–water partition coefficient (Wildman–Crippen LogP) is 3.14. The standard InChI is InChI=1S/C12H22O/c1-4-10(2)6-5-7-12(3)8-11(12)9-13/h6,11,13H,4-5,7-9H2,1-3H3. The zero-order valence-corrected chi connectivity index (χ0v) is 9.14. The molecule has 0 heterocycles. The highest BCUT2D eigenvalue weighted by Crippen LogP contribution is 2.55. The fourth-order valence-corrected chi connectivity index (χ4v) is 1.89. The van der Waals surface area contributed by atoms with E-state index in [1.54, 1.807) is 0 Å². The van der Waals surface area contributed by atoms with E-state index >= 15 is 0 Å². The van der Waals surface area contributed by atoms with Gasteiger partial charge in [0.15, 0.2) is 0 Å². The third-order valence-corrected chi connectivity index (χ3v) is 3.52. The van der Waals surface area contributed by atoms with Crippen LogP contribution in [-0.2, 0) is 0 Å². The van der Waals surface area contributed by atoms with Crippen LogP contribution in [0.4, 0.5) is 0 Å². The third kappa shape index (κ3) is 2.84. The molecule has 13 heavy (non-hydrogen) atoms. The van der Waals surface area contributed by atoms with Crippen molar-refractivity contribution in [3.8, 4) is 0 Å². The Bertz CT molecular complexity index is 195. The number of hydrogen-bond donors (Lipinski definition) is 1. The van der Waals surface area contributed by atoms with Crippen molar-refractivity contribution in [1.29, 1.82) is 0 Å². The Morgan fingerprint density at radius 2 is 2.31 bits per heavy atom. The van der Waals surface area contributed by atoms with Crippen molar-refractivity contribution in [2.24, 2.45) is 11.3 Å². The molecule has 0 aliphatic heterocycles. The average Bonchev–Trinajstić information content (AvgIpc) is 2.77. The van der Waals surface area contributed by atoms with E-state index in [4.69, 9.17) is 5.11 Å². The van der Waals surface area contributed by atoms with Gasteiger partial charge in [-0.05, 0) is 43.9 Å². The van der Waals surface area contributed by atoms with E-state index in [-0.39, 0.29) is 0 Å². The van der Waals surface area contributed by atoms with Crippen LogP contribution in [0, 0.1) is 11.3 Å². The summed E-state index contributed by atoms with van der Waals surface area (Å²) in [6, 6.07) is 0. The molecule has 1 saturated carbocycles. The lowest BCUT2D eigenvalue weighted by Gasteiger charge is -2.08. The number of aliphatic hydroxyl groups is 1. The molecule has 1 rings (SSSR count). The lowest BCUT2D eigenvalue weighted by molar-refractivity contribution is 0.250. The molecule has 1 fully saturated rings. The highest BCUT2D eigenvalue weighted by atomic mass is 16.3. The maximum Gasteiger partial charge on any atom is 0.0464 e. The van der Waals surface area contributed by atoms with Gasteiger partial charge in [-0.3, -0.25) is 0 Å². The number of aliphatic hydroxyl groups excluding tert-OH is 1. The largest absolute Gasteiger partial charge is 0.396 e. The molecule has 2 unspecified atom stereocenters. The van der Waals surface area contributed by atoms with Crippen molar-refractivity contribution in [2.75, 3.05) is 6.61 Å². The Kier molecular flexibility index (Phi) is 3.55. The average molecular weight is 182 g/mol. The van der Waals surface area contributed by atoms with Crippen molar-refractivity contribution < 1.29 is 5.11 Å². The Balaban J connectivity index is 2.21. The van der Waals surface area contributed by atoms with Crippen LogP contribution in [-0.4, -0.2) is 11.7 Å². The van der Waals surface area contributed by atoms with E-state index < -0.39 is 0 Å². The van der Waals surface area contributed by atoms with E-state index in [1.165, 1.54) is 31.3 Å². The summed E-state index contributed by atoms with van der Waals surface area (Å²) in [6.45, 7) is 7.07. The van der Waals surface area contributed by atoms with Crippen molar-refractivity contribution in [1.82, 2.24) is 0 Å². The van der Waals surface area contributed by atoms with Gasteiger partial charge in [0.25, 0.3) is 0 Å². The Hall–Kier alpha value is -0.300. The summed E-state index contributed by atoms with van der Waals surface area (Å²) < 4.78 is 0. The summed E-state index contributed by atoms with van der Waals surface area (Å²) in [6.07, 6.45) is 7.17. The molecule has 1 aliphatic carbocycles. The monoisotopic (exact) mass is 182 g/mol. The number of allylic oxidation sites excluding steroid dienone is 2. The molecule has 0 radical (unpaired) electrons. The maximum atomic E-state index is 8.98. The van der Waals surface area contributed by atoms with Gasteiger partial charge in [-0.15, -0.1) is 0 Å². The van der Waals surface area contributed by atoms with Crippen LogP contribution >= 0.6 is 0 Å². The molecule has 0 aromatic heterocycles. The van der Waals surface area contributed by atoms with Gasteiger partial charge < -0.3 is 5.11 Å². The highest BCUT2D eigenvalue weighted by Gasteiger charge is 2.48. The minimum Gasteiger partial charge on any atom is -0.396 e. The number of rotatable bonds is 5.